The zero-order valence-corrected chi connectivity index (χ0v) is 6.70. The summed E-state index contributed by atoms with van der Waals surface area (Å²) >= 11 is 0. The Kier molecular flexibility index (Phi) is 3.20. The molecule has 0 aliphatic heterocycles. The van der Waals surface area contributed by atoms with Gasteiger partial charge in [-0.3, -0.25) is 0 Å². The van der Waals surface area contributed by atoms with E-state index >= 15 is 0 Å². The lowest BCUT2D eigenvalue weighted by Gasteiger charge is -1.95. The van der Waals surface area contributed by atoms with Gasteiger partial charge in [0.05, 0.1) is 6.54 Å². The van der Waals surface area contributed by atoms with Crippen LogP contribution in [-0.4, -0.2) is 0 Å². The molecule has 0 bridgehead atoms. The molecule has 0 spiro atoms. The number of rotatable bonds is 3. The first kappa shape index (κ1) is 8.93. The lowest BCUT2D eigenvalue weighted by atomic mass is 10.2. The molecule has 0 heterocycles. The minimum Gasteiger partial charge on any atom is -0.0893 e. The Bertz CT molecular complexity index is 386. The zero-order chi connectivity index (χ0) is 9.52. The van der Waals surface area contributed by atoms with Crippen LogP contribution >= 0.6 is 0 Å². The van der Waals surface area contributed by atoms with E-state index in [0.717, 1.165) is 5.56 Å². The second-order valence-electron chi connectivity index (χ2n) is 2.25. The van der Waals surface area contributed by atoms with Crippen LogP contribution in [0, 0.1) is 0 Å². The number of azide groups is 2. The highest BCUT2D eigenvalue weighted by atomic mass is 15.1. The minimum atomic E-state index is 0.269. The van der Waals surface area contributed by atoms with Gasteiger partial charge in [0.25, 0.3) is 0 Å². The van der Waals surface area contributed by atoms with E-state index in [1.54, 1.807) is 24.3 Å². The average molecular weight is 174 g/mol. The van der Waals surface area contributed by atoms with E-state index in [-0.39, 0.29) is 6.54 Å². The maximum atomic E-state index is 8.16. The Balaban J connectivity index is 2.90. The average Bonchev–Trinajstić information content (AvgIpc) is 2.16. The van der Waals surface area contributed by atoms with Gasteiger partial charge in [0.1, 0.15) is 0 Å². The summed E-state index contributed by atoms with van der Waals surface area (Å²) in [5.41, 5.74) is 17.6. The molecule has 0 fully saturated rings. The summed E-state index contributed by atoms with van der Waals surface area (Å²) in [6.07, 6.45) is 0. The zero-order valence-electron chi connectivity index (χ0n) is 6.70. The Morgan fingerprint density at radius 3 is 2.77 bits per heavy atom. The molecule has 0 unspecified atom stereocenters. The van der Waals surface area contributed by atoms with Crippen molar-refractivity contribution in [3.05, 3.63) is 50.7 Å². The Morgan fingerprint density at radius 1 is 1.23 bits per heavy atom. The molecule has 0 radical (unpaired) electrons. The first-order valence-electron chi connectivity index (χ1n) is 3.51. The van der Waals surface area contributed by atoms with Gasteiger partial charge >= 0.3 is 0 Å². The van der Waals surface area contributed by atoms with Crippen LogP contribution in [0.15, 0.2) is 34.5 Å². The van der Waals surface area contributed by atoms with Gasteiger partial charge in [-0.25, -0.2) is 0 Å². The van der Waals surface area contributed by atoms with Crippen molar-refractivity contribution >= 4 is 5.69 Å². The second kappa shape index (κ2) is 4.66. The molecule has 0 amide bonds. The summed E-state index contributed by atoms with van der Waals surface area (Å²) in [6.45, 7) is 0.269. The Labute approximate surface area is 74.1 Å². The highest BCUT2D eigenvalue weighted by Gasteiger charge is 1.91. The molecule has 6 heteroatoms. The van der Waals surface area contributed by atoms with Crippen LogP contribution < -0.4 is 0 Å². The van der Waals surface area contributed by atoms with Gasteiger partial charge in [0, 0.05) is 15.5 Å². The van der Waals surface area contributed by atoms with Crippen molar-refractivity contribution < 1.29 is 0 Å². The third-order valence-corrected chi connectivity index (χ3v) is 1.39. The first-order valence-corrected chi connectivity index (χ1v) is 3.51. The van der Waals surface area contributed by atoms with E-state index < -0.39 is 0 Å². The summed E-state index contributed by atoms with van der Waals surface area (Å²) in [5, 5.41) is 6.81. The maximum Gasteiger partial charge on any atom is 0.0511 e. The van der Waals surface area contributed by atoms with E-state index in [4.69, 9.17) is 11.1 Å². The quantitative estimate of drug-likeness (QED) is 0.381. The van der Waals surface area contributed by atoms with Crippen molar-refractivity contribution in [1.82, 2.24) is 0 Å². The van der Waals surface area contributed by atoms with Gasteiger partial charge in [0.2, 0.25) is 0 Å². The van der Waals surface area contributed by atoms with Crippen molar-refractivity contribution in [1.29, 1.82) is 0 Å². The smallest absolute Gasteiger partial charge is 0.0511 e. The fourth-order valence-corrected chi connectivity index (χ4v) is 0.882. The van der Waals surface area contributed by atoms with Crippen molar-refractivity contribution in [2.75, 3.05) is 0 Å². The van der Waals surface area contributed by atoms with Crippen LogP contribution in [0.3, 0.4) is 0 Å². The molecule has 0 N–H and O–H groups in total. The van der Waals surface area contributed by atoms with Crippen LogP contribution in [-0.2, 0) is 6.54 Å². The van der Waals surface area contributed by atoms with Crippen LogP contribution in [0.5, 0.6) is 0 Å². The van der Waals surface area contributed by atoms with Crippen LogP contribution in [0.25, 0.3) is 20.9 Å². The molecule has 0 aliphatic carbocycles. The molecule has 64 valence electrons. The SMILES string of the molecule is [N-]=[N+]=NCc1cccc(N=[N+]=[N-])c1. The molecule has 0 saturated heterocycles. The standard InChI is InChI=1S/C7H6N6/c8-12-10-5-6-2-1-3-7(4-6)11-13-9/h1-4H,5H2. The monoisotopic (exact) mass is 174 g/mol. The Hall–Kier alpha value is -2.16. The number of nitrogens with zero attached hydrogens (tertiary/aromatic N) is 6. The van der Waals surface area contributed by atoms with Crippen LogP contribution in [0.2, 0.25) is 0 Å². The molecule has 0 aliphatic rings. The van der Waals surface area contributed by atoms with Gasteiger partial charge in [-0.1, -0.05) is 28.4 Å². The molecule has 0 aromatic heterocycles. The first-order chi connectivity index (χ1) is 6.36. The van der Waals surface area contributed by atoms with E-state index in [9.17, 15) is 0 Å². The van der Waals surface area contributed by atoms with Crippen molar-refractivity contribution in [2.45, 2.75) is 6.54 Å². The molecule has 1 rings (SSSR count). The summed E-state index contributed by atoms with van der Waals surface area (Å²) in [5.74, 6) is 0. The van der Waals surface area contributed by atoms with E-state index in [1.165, 1.54) is 0 Å². The molecule has 0 atom stereocenters. The van der Waals surface area contributed by atoms with Crippen molar-refractivity contribution in [3.8, 4) is 0 Å². The van der Waals surface area contributed by atoms with Crippen molar-refractivity contribution in [3.63, 3.8) is 0 Å². The van der Waals surface area contributed by atoms with Gasteiger partial charge in [0.15, 0.2) is 0 Å². The van der Waals surface area contributed by atoms with Crippen LogP contribution in [0.1, 0.15) is 5.56 Å². The lowest BCUT2D eigenvalue weighted by Crippen LogP contribution is -1.77. The number of hydrogen-bond acceptors (Lipinski definition) is 2. The maximum absolute atomic E-state index is 8.16. The van der Waals surface area contributed by atoms with Crippen molar-refractivity contribution in [2.24, 2.45) is 10.2 Å². The summed E-state index contributed by atoms with van der Waals surface area (Å²) in [7, 11) is 0. The third-order valence-electron chi connectivity index (χ3n) is 1.39. The minimum absolute atomic E-state index is 0.269. The summed E-state index contributed by atoms with van der Waals surface area (Å²) in [6, 6.07) is 6.89. The molecular formula is C7H6N6. The topological polar surface area (TPSA) is 97.5 Å². The highest BCUT2D eigenvalue weighted by molar-refractivity contribution is 5.39. The fourth-order valence-electron chi connectivity index (χ4n) is 0.882. The van der Waals surface area contributed by atoms with Gasteiger partial charge in [-0.05, 0) is 22.7 Å². The van der Waals surface area contributed by atoms with E-state index in [1.807, 2.05) is 0 Å². The lowest BCUT2D eigenvalue weighted by molar-refractivity contribution is 1.05. The summed E-state index contributed by atoms with van der Waals surface area (Å²) in [4.78, 5) is 5.28. The van der Waals surface area contributed by atoms with Gasteiger partial charge < -0.3 is 0 Å². The number of benzene rings is 1. The molecule has 1 aromatic carbocycles. The normalized spacial score (nSPS) is 8.31. The van der Waals surface area contributed by atoms with Gasteiger partial charge in [-0.2, -0.15) is 0 Å². The van der Waals surface area contributed by atoms with Gasteiger partial charge in [-0.15, -0.1) is 0 Å². The molecular weight excluding hydrogens is 168 g/mol. The second-order valence-corrected chi connectivity index (χ2v) is 2.25. The summed E-state index contributed by atoms with van der Waals surface area (Å²) < 4.78 is 0. The molecule has 1 aromatic rings. The van der Waals surface area contributed by atoms with E-state index in [0.29, 0.717) is 5.69 Å². The third kappa shape index (κ3) is 2.75. The molecule has 0 saturated carbocycles. The molecule has 6 nitrogen and oxygen atoms in total. The molecule has 13 heavy (non-hydrogen) atoms. The Morgan fingerprint density at radius 2 is 2.08 bits per heavy atom. The predicted molar refractivity (Wildman–Crippen MR) is 48.1 cm³/mol. The number of hydrogen-bond donors (Lipinski definition) is 0. The fraction of sp³-hybridized carbons (Fsp3) is 0.143. The predicted octanol–water partition coefficient (Wildman–Crippen LogP) is 3.44. The largest absolute Gasteiger partial charge is 0.0893 e. The van der Waals surface area contributed by atoms with Crippen LogP contribution in [0.4, 0.5) is 5.69 Å². The highest BCUT2D eigenvalue weighted by Crippen LogP contribution is 2.14. The van der Waals surface area contributed by atoms with E-state index in [2.05, 4.69) is 20.1 Å².